The molecule has 19 heavy (non-hydrogen) atoms. The third-order valence-electron chi connectivity index (χ3n) is 3.80. The summed E-state index contributed by atoms with van der Waals surface area (Å²) in [5.41, 5.74) is 0.287. The summed E-state index contributed by atoms with van der Waals surface area (Å²) >= 11 is 0. The van der Waals surface area contributed by atoms with E-state index in [0.29, 0.717) is 18.7 Å². The molecule has 2 nitrogen and oxygen atoms in total. The Kier molecular flexibility index (Phi) is 6.38. The van der Waals surface area contributed by atoms with Gasteiger partial charge in [0.25, 0.3) is 0 Å². The highest BCUT2D eigenvalue weighted by molar-refractivity contribution is 5.28. The van der Waals surface area contributed by atoms with Crippen LogP contribution in [-0.4, -0.2) is 26.8 Å². The number of ether oxygens (including phenoxy) is 1. The number of nitrogens with one attached hydrogen (secondary N) is 1. The first-order valence-corrected chi connectivity index (χ1v) is 6.74. The fourth-order valence-corrected chi connectivity index (χ4v) is 2.40. The molecular weight excluding hydrogens is 248 g/mol. The van der Waals surface area contributed by atoms with E-state index in [2.05, 4.69) is 5.32 Å². The molecule has 1 rings (SSSR count). The topological polar surface area (TPSA) is 21.3 Å². The van der Waals surface area contributed by atoms with E-state index in [1.807, 2.05) is 13.8 Å². The zero-order valence-corrected chi connectivity index (χ0v) is 11.9. The molecule has 1 aromatic rings. The van der Waals surface area contributed by atoms with Gasteiger partial charge in [-0.05, 0) is 24.5 Å². The molecule has 0 aliphatic rings. The molecule has 0 heterocycles. The standard InChI is InChI=1S/C15H23F2NO/c1-4-15(5-2,11-18-8-9-19-3)13-7-6-12(16)10-14(13)17/h6-7,10,18H,4-5,8-9,11H2,1-3H3. The second-order valence-corrected chi connectivity index (χ2v) is 4.78. The number of hydrogen-bond donors (Lipinski definition) is 1. The predicted octanol–water partition coefficient (Wildman–Crippen LogP) is 3.26. The van der Waals surface area contributed by atoms with Crippen LogP contribution in [0.1, 0.15) is 32.3 Å². The lowest BCUT2D eigenvalue weighted by Gasteiger charge is -2.33. The van der Waals surface area contributed by atoms with Crippen molar-refractivity contribution < 1.29 is 13.5 Å². The van der Waals surface area contributed by atoms with E-state index < -0.39 is 11.6 Å². The number of hydrogen-bond acceptors (Lipinski definition) is 2. The summed E-state index contributed by atoms with van der Waals surface area (Å²) in [5, 5.41) is 3.28. The van der Waals surface area contributed by atoms with Gasteiger partial charge in [-0.2, -0.15) is 0 Å². The average Bonchev–Trinajstić information content (AvgIpc) is 2.41. The lowest BCUT2D eigenvalue weighted by molar-refractivity contribution is 0.195. The van der Waals surface area contributed by atoms with Gasteiger partial charge in [-0.1, -0.05) is 19.9 Å². The number of halogens is 2. The molecule has 108 valence electrons. The molecule has 0 aliphatic heterocycles. The molecule has 0 bridgehead atoms. The first kappa shape index (κ1) is 16.1. The van der Waals surface area contributed by atoms with Crippen LogP contribution in [0.5, 0.6) is 0 Å². The molecule has 0 aliphatic carbocycles. The Balaban J connectivity index is 2.90. The smallest absolute Gasteiger partial charge is 0.129 e. The molecule has 0 spiro atoms. The zero-order chi connectivity index (χ0) is 14.3. The van der Waals surface area contributed by atoms with Crippen LogP contribution in [0.4, 0.5) is 8.78 Å². The molecule has 0 radical (unpaired) electrons. The van der Waals surface area contributed by atoms with Gasteiger partial charge >= 0.3 is 0 Å². The SMILES string of the molecule is CCC(CC)(CNCCOC)c1ccc(F)cc1F. The Labute approximate surface area is 114 Å². The van der Waals surface area contributed by atoms with Crippen molar-refractivity contribution >= 4 is 0 Å². The van der Waals surface area contributed by atoms with Crippen LogP contribution in [0.15, 0.2) is 18.2 Å². The molecule has 0 saturated heterocycles. The van der Waals surface area contributed by atoms with Gasteiger partial charge in [0.15, 0.2) is 0 Å². The average molecular weight is 271 g/mol. The molecule has 0 unspecified atom stereocenters. The molecular formula is C15H23F2NO. The molecule has 0 atom stereocenters. The van der Waals surface area contributed by atoms with Crippen LogP contribution in [0.3, 0.4) is 0 Å². The van der Waals surface area contributed by atoms with E-state index in [1.54, 1.807) is 13.2 Å². The first-order valence-electron chi connectivity index (χ1n) is 6.74. The van der Waals surface area contributed by atoms with E-state index in [9.17, 15) is 8.78 Å². The maximum absolute atomic E-state index is 14.0. The van der Waals surface area contributed by atoms with Gasteiger partial charge in [0.05, 0.1) is 6.61 Å². The summed E-state index contributed by atoms with van der Waals surface area (Å²) in [6, 6.07) is 3.86. The van der Waals surface area contributed by atoms with E-state index in [4.69, 9.17) is 4.74 Å². The van der Waals surface area contributed by atoms with E-state index >= 15 is 0 Å². The maximum atomic E-state index is 14.0. The quantitative estimate of drug-likeness (QED) is 0.733. The molecule has 4 heteroatoms. The Bertz CT molecular complexity index is 392. The van der Waals surface area contributed by atoms with Crippen molar-refractivity contribution in [2.24, 2.45) is 0 Å². The zero-order valence-electron chi connectivity index (χ0n) is 11.9. The number of methoxy groups -OCH3 is 1. The molecule has 1 aromatic carbocycles. The van der Waals surface area contributed by atoms with Crippen LogP contribution in [-0.2, 0) is 10.2 Å². The third kappa shape index (κ3) is 3.98. The Morgan fingerprint density at radius 3 is 2.42 bits per heavy atom. The Morgan fingerprint density at radius 1 is 1.21 bits per heavy atom. The molecule has 1 N–H and O–H groups in total. The fourth-order valence-electron chi connectivity index (χ4n) is 2.40. The number of rotatable bonds is 8. The van der Waals surface area contributed by atoms with Crippen molar-refractivity contribution in [2.75, 3.05) is 26.8 Å². The second kappa shape index (κ2) is 7.56. The third-order valence-corrected chi connectivity index (χ3v) is 3.80. The van der Waals surface area contributed by atoms with Crippen molar-refractivity contribution in [2.45, 2.75) is 32.1 Å². The lowest BCUT2D eigenvalue weighted by atomic mass is 9.75. The van der Waals surface area contributed by atoms with Crippen molar-refractivity contribution in [1.82, 2.24) is 5.32 Å². The van der Waals surface area contributed by atoms with E-state index in [0.717, 1.165) is 25.5 Å². The van der Waals surface area contributed by atoms with Crippen molar-refractivity contribution in [3.8, 4) is 0 Å². The van der Waals surface area contributed by atoms with Crippen LogP contribution in [0, 0.1) is 11.6 Å². The van der Waals surface area contributed by atoms with Gasteiger partial charge in [-0.3, -0.25) is 0 Å². The summed E-state index contributed by atoms with van der Waals surface area (Å²) < 4.78 is 32.0. The monoisotopic (exact) mass is 271 g/mol. The van der Waals surface area contributed by atoms with Gasteiger partial charge < -0.3 is 10.1 Å². The minimum Gasteiger partial charge on any atom is -0.383 e. The maximum Gasteiger partial charge on any atom is 0.129 e. The van der Waals surface area contributed by atoms with Crippen molar-refractivity contribution in [3.05, 3.63) is 35.4 Å². The summed E-state index contributed by atoms with van der Waals surface area (Å²) in [6.07, 6.45) is 1.60. The summed E-state index contributed by atoms with van der Waals surface area (Å²) in [6.45, 7) is 6.07. The second-order valence-electron chi connectivity index (χ2n) is 4.78. The predicted molar refractivity (Wildman–Crippen MR) is 73.4 cm³/mol. The van der Waals surface area contributed by atoms with Crippen LogP contribution >= 0.6 is 0 Å². The van der Waals surface area contributed by atoms with E-state index in [1.165, 1.54) is 6.07 Å². The van der Waals surface area contributed by atoms with Gasteiger partial charge in [-0.25, -0.2) is 8.78 Å². The van der Waals surface area contributed by atoms with Crippen LogP contribution < -0.4 is 5.32 Å². The van der Waals surface area contributed by atoms with Gasteiger partial charge in [0.2, 0.25) is 0 Å². The molecule has 0 saturated carbocycles. The molecule has 0 fully saturated rings. The molecule has 0 aromatic heterocycles. The summed E-state index contributed by atoms with van der Waals surface area (Å²) in [4.78, 5) is 0. The first-order chi connectivity index (χ1) is 9.09. The lowest BCUT2D eigenvalue weighted by Crippen LogP contribution is -2.39. The minimum absolute atomic E-state index is 0.300. The highest BCUT2D eigenvalue weighted by atomic mass is 19.1. The number of benzene rings is 1. The molecule has 0 amide bonds. The van der Waals surface area contributed by atoms with Gasteiger partial charge in [0, 0.05) is 31.7 Å². The highest BCUT2D eigenvalue weighted by Gasteiger charge is 2.30. The largest absolute Gasteiger partial charge is 0.383 e. The van der Waals surface area contributed by atoms with E-state index in [-0.39, 0.29) is 5.41 Å². The minimum atomic E-state index is -0.533. The van der Waals surface area contributed by atoms with Crippen molar-refractivity contribution in [1.29, 1.82) is 0 Å². The fraction of sp³-hybridized carbons (Fsp3) is 0.600. The normalized spacial score (nSPS) is 11.8. The van der Waals surface area contributed by atoms with Gasteiger partial charge in [-0.15, -0.1) is 0 Å². The van der Waals surface area contributed by atoms with Crippen molar-refractivity contribution in [3.63, 3.8) is 0 Å². The van der Waals surface area contributed by atoms with Crippen LogP contribution in [0.2, 0.25) is 0 Å². The van der Waals surface area contributed by atoms with Gasteiger partial charge in [0.1, 0.15) is 11.6 Å². The van der Waals surface area contributed by atoms with Crippen LogP contribution in [0.25, 0.3) is 0 Å². The summed E-state index contributed by atoms with van der Waals surface area (Å²) in [7, 11) is 1.65. The Hall–Kier alpha value is -1.00. The Morgan fingerprint density at radius 2 is 1.89 bits per heavy atom. The summed E-state index contributed by atoms with van der Waals surface area (Å²) in [5.74, 6) is -0.994. The highest BCUT2D eigenvalue weighted by Crippen LogP contribution is 2.33.